The fourth-order valence-electron chi connectivity index (χ4n) is 2.87. The van der Waals surface area contributed by atoms with Gasteiger partial charge < -0.3 is 10.2 Å². The average Bonchev–Trinajstić information content (AvgIpc) is 2.49. The van der Waals surface area contributed by atoms with Crippen LogP contribution < -0.4 is 10.2 Å². The maximum absolute atomic E-state index is 13.8. The van der Waals surface area contributed by atoms with Gasteiger partial charge in [-0.25, -0.2) is 9.37 Å². The van der Waals surface area contributed by atoms with Crippen LogP contribution in [0.2, 0.25) is 5.28 Å². The molecule has 1 aromatic carbocycles. The van der Waals surface area contributed by atoms with Crippen LogP contribution in [-0.2, 0) is 4.79 Å². The Labute approximate surface area is 144 Å². The largest absolute Gasteiger partial charge is 0.353 e. The van der Waals surface area contributed by atoms with Gasteiger partial charge in [0.2, 0.25) is 11.2 Å². The second-order valence-electron chi connectivity index (χ2n) is 6.00. The molecule has 24 heavy (non-hydrogen) atoms. The van der Waals surface area contributed by atoms with Crippen LogP contribution in [0.5, 0.6) is 0 Å². The predicted octanol–water partition coefficient (Wildman–Crippen LogP) is 3.07. The lowest BCUT2D eigenvalue weighted by Gasteiger charge is -2.40. The quantitative estimate of drug-likeness (QED) is 0.863. The summed E-state index contributed by atoms with van der Waals surface area (Å²) in [6.45, 7) is 4.82. The minimum absolute atomic E-state index is 0.0216. The molecule has 0 spiro atoms. The zero-order valence-electron chi connectivity index (χ0n) is 13.5. The predicted molar refractivity (Wildman–Crippen MR) is 90.6 cm³/mol. The van der Waals surface area contributed by atoms with Crippen molar-refractivity contribution in [3.8, 4) is 0 Å². The molecule has 0 bridgehead atoms. The summed E-state index contributed by atoms with van der Waals surface area (Å²) >= 11 is 5.73. The van der Waals surface area contributed by atoms with E-state index in [0.29, 0.717) is 19.0 Å². The van der Waals surface area contributed by atoms with Crippen LogP contribution in [0.1, 0.15) is 36.9 Å². The van der Waals surface area contributed by atoms with Crippen LogP contribution in [0.4, 0.5) is 10.2 Å². The van der Waals surface area contributed by atoms with Gasteiger partial charge in [0.25, 0.3) is 0 Å². The molecule has 0 radical (unpaired) electrons. The van der Waals surface area contributed by atoms with Crippen molar-refractivity contribution in [1.82, 2.24) is 15.3 Å². The van der Waals surface area contributed by atoms with Crippen molar-refractivity contribution < 1.29 is 9.18 Å². The molecule has 2 heterocycles. The molecule has 1 amide bonds. The standard InChI is InChI=1S/C17H18ClFN4O/c1-10(21-11(2)24)12-3-5-13(6-4-12)14-8-23(9-14)16-15(19)7-20-17(18)22-16/h3-7,10,14H,8-9H2,1-2H3,(H,21,24)/t10-/m0/s1. The van der Waals surface area contributed by atoms with E-state index in [1.807, 2.05) is 24.0 Å². The van der Waals surface area contributed by atoms with Gasteiger partial charge in [-0.05, 0) is 29.7 Å². The Morgan fingerprint density at radius 2 is 2.04 bits per heavy atom. The maximum atomic E-state index is 13.8. The van der Waals surface area contributed by atoms with Crippen LogP contribution in [0, 0.1) is 5.82 Å². The first-order chi connectivity index (χ1) is 11.4. The Hall–Kier alpha value is -2.21. The number of nitrogens with zero attached hydrogens (tertiary/aromatic N) is 3. The molecular formula is C17H18ClFN4O. The number of hydrogen-bond donors (Lipinski definition) is 1. The van der Waals surface area contributed by atoms with Crippen molar-refractivity contribution in [3.05, 3.63) is 52.7 Å². The van der Waals surface area contributed by atoms with E-state index in [9.17, 15) is 9.18 Å². The fourth-order valence-corrected chi connectivity index (χ4v) is 3.00. The Morgan fingerprint density at radius 3 is 2.67 bits per heavy atom. The number of amides is 1. The summed E-state index contributed by atoms with van der Waals surface area (Å²) in [6.07, 6.45) is 1.09. The highest BCUT2D eigenvalue weighted by Crippen LogP contribution is 2.32. The van der Waals surface area contributed by atoms with E-state index in [1.165, 1.54) is 12.5 Å². The first-order valence-electron chi connectivity index (χ1n) is 7.74. The van der Waals surface area contributed by atoms with Gasteiger partial charge in [0.1, 0.15) is 0 Å². The summed E-state index contributed by atoms with van der Waals surface area (Å²) in [5.41, 5.74) is 2.24. The highest BCUT2D eigenvalue weighted by atomic mass is 35.5. The number of hydrogen-bond acceptors (Lipinski definition) is 4. The second kappa shape index (κ2) is 6.73. The highest BCUT2D eigenvalue weighted by Gasteiger charge is 2.31. The molecule has 2 aromatic rings. The Kier molecular flexibility index (Phi) is 4.66. The Bertz CT molecular complexity index is 747. The van der Waals surface area contributed by atoms with Crippen molar-refractivity contribution in [1.29, 1.82) is 0 Å². The third-order valence-corrected chi connectivity index (χ3v) is 4.39. The van der Waals surface area contributed by atoms with Gasteiger partial charge in [0.15, 0.2) is 11.6 Å². The van der Waals surface area contributed by atoms with Gasteiger partial charge in [0.05, 0.1) is 12.2 Å². The lowest BCUT2D eigenvalue weighted by molar-refractivity contribution is -0.119. The van der Waals surface area contributed by atoms with Crippen LogP contribution in [0.15, 0.2) is 30.5 Å². The SMILES string of the molecule is CC(=O)N[C@@H](C)c1ccc(C2CN(c3nc(Cl)ncc3F)C2)cc1. The molecule has 1 atom stereocenters. The summed E-state index contributed by atoms with van der Waals surface area (Å²) in [4.78, 5) is 20.5. The van der Waals surface area contributed by atoms with E-state index >= 15 is 0 Å². The third-order valence-electron chi connectivity index (χ3n) is 4.20. The molecular weight excluding hydrogens is 331 g/mol. The van der Waals surface area contributed by atoms with Gasteiger partial charge in [-0.15, -0.1) is 0 Å². The number of anilines is 1. The molecule has 0 aliphatic carbocycles. The maximum Gasteiger partial charge on any atom is 0.224 e. The van der Waals surface area contributed by atoms with E-state index in [-0.39, 0.29) is 23.1 Å². The Balaban J connectivity index is 1.63. The number of aromatic nitrogens is 2. The topological polar surface area (TPSA) is 58.1 Å². The zero-order valence-corrected chi connectivity index (χ0v) is 14.2. The molecule has 1 fully saturated rings. The molecule has 1 aliphatic rings. The van der Waals surface area contributed by atoms with Gasteiger partial charge >= 0.3 is 0 Å². The van der Waals surface area contributed by atoms with Gasteiger partial charge in [0, 0.05) is 25.9 Å². The van der Waals surface area contributed by atoms with Crippen molar-refractivity contribution >= 4 is 23.3 Å². The van der Waals surface area contributed by atoms with E-state index in [1.54, 1.807) is 0 Å². The Morgan fingerprint density at radius 1 is 1.38 bits per heavy atom. The number of carbonyl (C=O) groups is 1. The smallest absolute Gasteiger partial charge is 0.224 e. The summed E-state index contributed by atoms with van der Waals surface area (Å²) in [6, 6.07) is 8.12. The zero-order chi connectivity index (χ0) is 17.3. The first kappa shape index (κ1) is 16.6. The molecule has 7 heteroatoms. The molecule has 126 valence electrons. The summed E-state index contributed by atoms with van der Waals surface area (Å²) < 4.78 is 13.8. The van der Waals surface area contributed by atoms with Gasteiger partial charge in [-0.2, -0.15) is 4.98 Å². The number of nitrogens with one attached hydrogen (secondary N) is 1. The highest BCUT2D eigenvalue weighted by molar-refractivity contribution is 6.28. The lowest BCUT2D eigenvalue weighted by Crippen LogP contribution is -2.46. The lowest BCUT2D eigenvalue weighted by atomic mass is 9.90. The number of carbonyl (C=O) groups excluding carboxylic acids is 1. The van der Waals surface area contributed by atoms with E-state index in [4.69, 9.17) is 11.6 Å². The van der Waals surface area contributed by atoms with Crippen molar-refractivity contribution in [2.24, 2.45) is 0 Å². The number of benzene rings is 1. The van der Waals surface area contributed by atoms with Crippen LogP contribution in [0.25, 0.3) is 0 Å². The third kappa shape index (κ3) is 3.48. The minimum Gasteiger partial charge on any atom is -0.353 e. The molecule has 1 aliphatic heterocycles. The van der Waals surface area contributed by atoms with Gasteiger partial charge in [-0.3, -0.25) is 4.79 Å². The average molecular weight is 349 g/mol. The second-order valence-corrected chi connectivity index (χ2v) is 6.34. The minimum atomic E-state index is -0.461. The van der Waals surface area contributed by atoms with Crippen LogP contribution in [-0.4, -0.2) is 29.0 Å². The van der Waals surface area contributed by atoms with E-state index in [0.717, 1.165) is 11.8 Å². The summed E-state index contributed by atoms with van der Waals surface area (Å²) in [5, 5.41) is 2.91. The molecule has 0 saturated carbocycles. The molecule has 1 saturated heterocycles. The van der Waals surface area contributed by atoms with Gasteiger partial charge in [-0.1, -0.05) is 24.3 Å². The fraction of sp³-hybridized carbons (Fsp3) is 0.353. The first-order valence-corrected chi connectivity index (χ1v) is 8.12. The van der Waals surface area contributed by atoms with Crippen molar-refractivity contribution in [2.75, 3.05) is 18.0 Å². The molecule has 1 aromatic heterocycles. The monoisotopic (exact) mass is 348 g/mol. The summed E-state index contributed by atoms with van der Waals surface area (Å²) in [5.74, 6) is 0.0643. The van der Waals surface area contributed by atoms with Crippen LogP contribution >= 0.6 is 11.6 Å². The normalized spacial score (nSPS) is 15.8. The van der Waals surface area contributed by atoms with Crippen LogP contribution in [0.3, 0.4) is 0 Å². The molecule has 1 N–H and O–H groups in total. The van der Waals surface area contributed by atoms with E-state index < -0.39 is 5.82 Å². The molecule has 5 nitrogen and oxygen atoms in total. The van der Waals surface area contributed by atoms with Crippen molar-refractivity contribution in [3.63, 3.8) is 0 Å². The summed E-state index contributed by atoms with van der Waals surface area (Å²) in [7, 11) is 0. The molecule has 0 unspecified atom stereocenters. The number of rotatable bonds is 4. The molecule has 3 rings (SSSR count). The van der Waals surface area contributed by atoms with Crippen molar-refractivity contribution in [2.45, 2.75) is 25.8 Å². The van der Waals surface area contributed by atoms with E-state index in [2.05, 4.69) is 27.4 Å². The number of halogens is 2.